The van der Waals surface area contributed by atoms with Crippen molar-refractivity contribution in [3.8, 4) is 0 Å². The van der Waals surface area contributed by atoms with Crippen LogP contribution in [0.4, 0.5) is 5.82 Å². The van der Waals surface area contributed by atoms with Crippen LogP contribution in [0.25, 0.3) is 0 Å². The Balaban J connectivity index is 1.64. The molecule has 1 fully saturated rings. The molecule has 0 aliphatic carbocycles. The first kappa shape index (κ1) is 11.6. The van der Waals surface area contributed by atoms with Crippen molar-refractivity contribution in [1.29, 1.82) is 0 Å². The van der Waals surface area contributed by atoms with Gasteiger partial charge in [0.1, 0.15) is 17.3 Å². The number of nitrogens with one attached hydrogen (secondary N) is 1. The van der Waals surface area contributed by atoms with Crippen molar-refractivity contribution in [2.24, 2.45) is 0 Å². The SMILES string of the molecule is Clc1cc(NCCCN2CCCC2)ncn1. The Kier molecular flexibility index (Phi) is 4.36. The van der Waals surface area contributed by atoms with Crippen LogP contribution in [-0.2, 0) is 0 Å². The number of likely N-dealkylation sites (tertiary alicyclic amines) is 1. The van der Waals surface area contributed by atoms with Crippen LogP contribution in [0.1, 0.15) is 19.3 Å². The van der Waals surface area contributed by atoms with E-state index in [1.165, 1.54) is 38.8 Å². The second-order valence-electron chi connectivity index (χ2n) is 4.06. The maximum atomic E-state index is 5.76. The molecule has 0 radical (unpaired) electrons. The van der Waals surface area contributed by atoms with E-state index in [9.17, 15) is 0 Å². The van der Waals surface area contributed by atoms with Crippen molar-refractivity contribution in [3.63, 3.8) is 0 Å². The lowest BCUT2D eigenvalue weighted by molar-refractivity contribution is 0.337. The molecule has 1 aliphatic rings. The molecule has 0 atom stereocenters. The highest BCUT2D eigenvalue weighted by molar-refractivity contribution is 6.29. The zero-order chi connectivity index (χ0) is 11.2. The van der Waals surface area contributed by atoms with Gasteiger partial charge < -0.3 is 10.2 Å². The topological polar surface area (TPSA) is 41.0 Å². The van der Waals surface area contributed by atoms with Crippen molar-refractivity contribution >= 4 is 17.4 Å². The summed E-state index contributed by atoms with van der Waals surface area (Å²) >= 11 is 5.76. The molecule has 88 valence electrons. The monoisotopic (exact) mass is 240 g/mol. The van der Waals surface area contributed by atoms with E-state index in [1.54, 1.807) is 6.07 Å². The molecule has 4 nitrogen and oxygen atoms in total. The van der Waals surface area contributed by atoms with Gasteiger partial charge in [-0.3, -0.25) is 0 Å². The summed E-state index contributed by atoms with van der Waals surface area (Å²) in [5.41, 5.74) is 0. The molecule has 1 aromatic rings. The first-order valence-corrected chi connectivity index (χ1v) is 6.16. The molecule has 0 spiro atoms. The van der Waals surface area contributed by atoms with Gasteiger partial charge in [-0.1, -0.05) is 11.6 Å². The van der Waals surface area contributed by atoms with Crippen LogP contribution in [0, 0.1) is 0 Å². The average Bonchev–Trinajstić information content (AvgIpc) is 2.77. The molecular formula is C11H17ClN4. The number of anilines is 1. The number of hydrogen-bond donors (Lipinski definition) is 1. The molecular weight excluding hydrogens is 224 g/mol. The lowest BCUT2D eigenvalue weighted by Crippen LogP contribution is -2.22. The van der Waals surface area contributed by atoms with Crippen LogP contribution < -0.4 is 5.32 Å². The number of halogens is 1. The van der Waals surface area contributed by atoms with E-state index in [1.807, 2.05) is 0 Å². The Bertz CT molecular complexity index is 326. The van der Waals surface area contributed by atoms with E-state index in [4.69, 9.17) is 11.6 Å². The van der Waals surface area contributed by atoms with Crippen molar-refractivity contribution in [2.45, 2.75) is 19.3 Å². The summed E-state index contributed by atoms with van der Waals surface area (Å²) in [6, 6.07) is 1.75. The van der Waals surface area contributed by atoms with Gasteiger partial charge in [0.25, 0.3) is 0 Å². The Hall–Kier alpha value is -0.870. The van der Waals surface area contributed by atoms with Crippen LogP contribution in [0.5, 0.6) is 0 Å². The molecule has 0 bridgehead atoms. The zero-order valence-electron chi connectivity index (χ0n) is 9.32. The Labute approximate surface area is 101 Å². The fourth-order valence-corrected chi connectivity index (χ4v) is 2.10. The van der Waals surface area contributed by atoms with Crippen molar-refractivity contribution in [3.05, 3.63) is 17.5 Å². The number of aromatic nitrogens is 2. The molecule has 5 heteroatoms. The Morgan fingerprint density at radius 3 is 2.88 bits per heavy atom. The standard InChI is InChI=1S/C11H17ClN4/c12-10-8-11(15-9-14-10)13-4-3-7-16-5-1-2-6-16/h8-9H,1-7H2,(H,13,14,15). The minimum atomic E-state index is 0.483. The highest BCUT2D eigenvalue weighted by Crippen LogP contribution is 2.09. The van der Waals surface area contributed by atoms with E-state index in [-0.39, 0.29) is 0 Å². The summed E-state index contributed by atoms with van der Waals surface area (Å²) in [4.78, 5) is 10.4. The summed E-state index contributed by atoms with van der Waals surface area (Å²) in [6.07, 6.45) is 5.33. The number of hydrogen-bond acceptors (Lipinski definition) is 4. The van der Waals surface area contributed by atoms with Crippen LogP contribution in [0.2, 0.25) is 5.15 Å². The molecule has 0 aromatic carbocycles. The van der Waals surface area contributed by atoms with Gasteiger partial charge in [-0.25, -0.2) is 9.97 Å². The highest BCUT2D eigenvalue weighted by atomic mass is 35.5. The second-order valence-corrected chi connectivity index (χ2v) is 4.44. The summed E-state index contributed by atoms with van der Waals surface area (Å²) in [7, 11) is 0. The molecule has 16 heavy (non-hydrogen) atoms. The van der Waals surface area contributed by atoms with Crippen molar-refractivity contribution in [1.82, 2.24) is 14.9 Å². The van der Waals surface area contributed by atoms with E-state index in [0.717, 1.165) is 18.8 Å². The lowest BCUT2D eigenvalue weighted by Gasteiger charge is -2.14. The highest BCUT2D eigenvalue weighted by Gasteiger charge is 2.09. The van der Waals surface area contributed by atoms with Crippen LogP contribution in [-0.4, -0.2) is 41.0 Å². The Morgan fingerprint density at radius 2 is 2.12 bits per heavy atom. The van der Waals surface area contributed by atoms with Gasteiger partial charge in [-0.05, 0) is 38.9 Å². The quantitative estimate of drug-likeness (QED) is 0.632. The molecule has 1 N–H and O–H groups in total. The van der Waals surface area contributed by atoms with Crippen LogP contribution in [0.15, 0.2) is 12.4 Å². The van der Waals surface area contributed by atoms with Crippen LogP contribution in [0.3, 0.4) is 0 Å². The molecule has 2 heterocycles. The minimum Gasteiger partial charge on any atom is -0.370 e. The molecule has 0 unspecified atom stereocenters. The van der Waals surface area contributed by atoms with E-state index in [2.05, 4.69) is 20.2 Å². The first-order chi connectivity index (χ1) is 7.84. The van der Waals surface area contributed by atoms with Gasteiger partial charge in [-0.2, -0.15) is 0 Å². The average molecular weight is 241 g/mol. The molecule has 1 saturated heterocycles. The fourth-order valence-electron chi connectivity index (χ4n) is 1.96. The third-order valence-electron chi connectivity index (χ3n) is 2.79. The summed E-state index contributed by atoms with van der Waals surface area (Å²) in [5, 5.41) is 3.73. The van der Waals surface area contributed by atoms with Gasteiger partial charge in [-0.15, -0.1) is 0 Å². The number of nitrogens with zero attached hydrogens (tertiary/aromatic N) is 3. The molecule has 1 aromatic heterocycles. The molecule has 2 rings (SSSR count). The van der Waals surface area contributed by atoms with Gasteiger partial charge in [0.05, 0.1) is 0 Å². The van der Waals surface area contributed by atoms with Gasteiger partial charge in [0.2, 0.25) is 0 Å². The fraction of sp³-hybridized carbons (Fsp3) is 0.636. The van der Waals surface area contributed by atoms with E-state index in [0.29, 0.717) is 5.15 Å². The summed E-state index contributed by atoms with van der Waals surface area (Å²) in [5.74, 6) is 0.807. The first-order valence-electron chi connectivity index (χ1n) is 5.78. The summed E-state index contributed by atoms with van der Waals surface area (Å²) < 4.78 is 0. The van der Waals surface area contributed by atoms with E-state index >= 15 is 0 Å². The smallest absolute Gasteiger partial charge is 0.134 e. The molecule has 1 aliphatic heterocycles. The predicted octanol–water partition coefficient (Wildman–Crippen LogP) is 2.03. The Morgan fingerprint density at radius 1 is 1.31 bits per heavy atom. The minimum absolute atomic E-state index is 0.483. The van der Waals surface area contributed by atoms with Gasteiger partial charge in [0.15, 0.2) is 0 Å². The second kappa shape index (κ2) is 6.01. The van der Waals surface area contributed by atoms with Crippen molar-refractivity contribution in [2.75, 3.05) is 31.5 Å². The third-order valence-corrected chi connectivity index (χ3v) is 3.00. The zero-order valence-corrected chi connectivity index (χ0v) is 10.1. The third kappa shape index (κ3) is 3.61. The van der Waals surface area contributed by atoms with Crippen molar-refractivity contribution < 1.29 is 0 Å². The maximum Gasteiger partial charge on any atom is 0.134 e. The lowest BCUT2D eigenvalue weighted by atomic mass is 10.4. The maximum absolute atomic E-state index is 5.76. The molecule has 0 saturated carbocycles. The number of rotatable bonds is 5. The normalized spacial score (nSPS) is 16.6. The summed E-state index contributed by atoms with van der Waals surface area (Å²) in [6.45, 7) is 4.63. The predicted molar refractivity (Wildman–Crippen MR) is 65.8 cm³/mol. The van der Waals surface area contributed by atoms with E-state index < -0.39 is 0 Å². The van der Waals surface area contributed by atoms with Crippen LogP contribution >= 0.6 is 11.6 Å². The van der Waals surface area contributed by atoms with Gasteiger partial charge in [0, 0.05) is 12.6 Å². The van der Waals surface area contributed by atoms with Gasteiger partial charge >= 0.3 is 0 Å². The largest absolute Gasteiger partial charge is 0.370 e. The molecule has 0 amide bonds.